The van der Waals surface area contributed by atoms with Crippen LogP contribution in [0.1, 0.15) is 20.8 Å². The molecule has 0 aliphatic rings. The van der Waals surface area contributed by atoms with Crippen molar-refractivity contribution < 1.29 is 184 Å². The van der Waals surface area contributed by atoms with E-state index in [2.05, 4.69) is 0 Å². The van der Waals surface area contributed by atoms with Gasteiger partial charge in [-0.3, -0.25) is 0 Å². The number of aliphatic carboxylic acids is 3. The van der Waals surface area contributed by atoms with Crippen LogP contribution in [0.25, 0.3) is 0 Å². The molecule has 0 amide bonds. The van der Waals surface area contributed by atoms with E-state index in [9.17, 15) is 29.7 Å². The molecule has 0 aliphatic heterocycles. The normalized spacial score (nSPS) is 9.89. The van der Waals surface area contributed by atoms with E-state index in [-0.39, 0.29) is 154 Å². The summed E-state index contributed by atoms with van der Waals surface area (Å²) in [5, 5.41) is 28.9. The SMILES string of the molecule is C/C=C/C=C/C(=O)[O-].C/C=C/C=C/C(=O)[O-].C/C=C/C=C/C(=O)[O-].[K+].[K+].[K+]. The van der Waals surface area contributed by atoms with Crippen molar-refractivity contribution in [3.05, 3.63) is 72.9 Å². The van der Waals surface area contributed by atoms with Crippen LogP contribution in [0.2, 0.25) is 0 Å². The predicted octanol–water partition coefficient (Wildman–Crippen LogP) is -9.38. The Kier molecular flexibility index (Phi) is 60.8. The zero-order valence-corrected chi connectivity index (χ0v) is 26.2. The molecule has 0 N–H and O–H groups in total. The third-order valence-corrected chi connectivity index (χ3v) is 1.61. The van der Waals surface area contributed by atoms with Crippen LogP contribution in [-0.4, -0.2) is 17.9 Å². The quantitative estimate of drug-likeness (QED) is 0.225. The molecule has 132 valence electrons. The summed E-state index contributed by atoms with van der Waals surface area (Å²) in [6.45, 7) is 5.42. The van der Waals surface area contributed by atoms with Crippen molar-refractivity contribution in [2.45, 2.75) is 20.8 Å². The minimum atomic E-state index is -1.16. The van der Waals surface area contributed by atoms with Crippen molar-refractivity contribution in [2.24, 2.45) is 0 Å². The van der Waals surface area contributed by atoms with Gasteiger partial charge in [0.2, 0.25) is 0 Å². The maximum absolute atomic E-state index is 9.64. The van der Waals surface area contributed by atoms with E-state index in [0.29, 0.717) is 0 Å². The first-order chi connectivity index (χ1) is 11.3. The third-order valence-electron chi connectivity index (χ3n) is 1.61. The second-order valence-corrected chi connectivity index (χ2v) is 3.61. The Morgan fingerprint density at radius 3 is 0.778 bits per heavy atom. The van der Waals surface area contributed by atoms with Crippen LogP contribution in [0.4, 0.5) is 0 Å². The minimum Gasteiger partial charge on any atom is -0.545 e. The van der Waals surface area contributed by atoms with Gasteiger partial charge in [0.05, 0.1) is 17.9 Å². The average molecular weight is 451 g/mol. The summed E-state index contributed by atoms with van der Waals surface area (Å²) in [6.07, 6.45) is 17.2. The van der Waals surface area contributed by atoms with Gasteiger partial charge in [-0.1, -0.05) is 54.7 Å². The van der Waals surface area contributed by atoms with E-state index in [1.807, 2.05) is 0 Å². The molecule has 0 unspecified atom stereocenters. The Morgan fingerprint density at radius 2 is 0.667 bits per heavy atom. The minimum absolute atomic E-state index is 0. The van der Waals surface area contributed by atoms with E-state index in [1.54, 1.807) is 57.2 Å². The van der Waals surface area contributed by atoms with E-state index in [0.717, 1.165) is 18.2 Å². The summed E-state index contributed by atoms with van der Waals surface area (Å²) >= 11 is 0. The molecule has 0 bridgehead atoms. The molecular formula is C18H21K3O6. The van der Waals surface area contributed by atoms with Crippen LogP contribution in [0.3, 0.4) is 0 Å². The van der Waals surface area contributed by atoms with E-state index in [1.165, 1.54) is 18.2 Å². The second kappa shape index (κ2) is 38.4. The first-order valence-electron chi connectivity index (χ1n) is 6.82. The van der Waals surface area contributed by atoms with Crippen LogP contribution >= 0.6 is 0 Å². The molecule has 0 aromatic heterocycles. The number of carboxylic acids is 3. The number of carboxylic acid groups (broad SMARTS) is 3. The smallest absolute Gasteiger partial charge is 0.545 e. The molecule has 0 fully saturated rings. The van der Waals surface area contributed by atoms with Crippen LogP contribution in [0.15, 0.2) is 72.9 Å². The largest absolute Gasteiger partial charge is 1.00 e. The zero-order valence-electron chi connectivity index (χ0n) is 16.9. The van der Waals surface area contributed by atoms with Crippen molar-refractivity contribution in [1.82, 2.24) is 0 Å². The zero-order chi connectivity index (χ0) is 19.2. The molecular weight excluding hydrogens is 429 g/mol. The molecule has 0 saturated carbocycles. The average Bonchev–Trinajstić information content (AvgIpc) is 2.48. The summed E-state index contributed by atoms with van der Waals surface area (Å²) in [5.41, 5.74) is 0. The van der Waals surface area contributed by atoms with Crippen LogP contribution in [-0.2, 0) is 14.4 Å². The van der Waals surface area contributed by atoms with Gasteiger partial charge in [-0.05, 0) is 39.0 Å². The summed E-state index contributed by atoms with van der Waals surface area (Å²) < 4.78 is 0. The summed E-state index contributed by atoms with van der Waals surface area (Å²) in [5.74, 6) is -3.49. The Labute approximate surface area is 288 Å². The van der Waals surface area contributed by atoms with E-state index in [4.69, 9.17) is 0 Å². The fourth-order valence-electron chi connectivity index (χ4n) is 0.736. The Bertz CT molecular complexity index is 457. The van der Waals surface area contributed by atoms with Crippen molar-refractivity contribution in [3.63, 3.8) is 0 Å². The number of allylic oxidation sites excluding steroid dienone is 9. The van der Waals surface area contributed by atoms with Gasteiger partial charge in [0.25, 0.3) is 0 Å². The van der Waals surface area contributed by atoms with E-state index >= 15 is 0 Å². The molecule has 0 heterocycles. The summed E-state index contributed by atoms with van der Waals surface area (Å²) in [7, 11) is 0. The molecule has 0 aliphatic carbocycles. The monoisotopic (exact) mass is 450 g/mol. The summed E-state index contributed by atoms with van der Waals surface area (Å²) in [6, 6.07) is 0. The van der Waals surface area contributed by atoms with Gasteiger partial charge in [0.1, 0.15) is 0 Å². The van der Waals surface area contributed by atoms with Gasteiger partial charge in [-0.2, -0.15) is 0 Å². The summed E-state index contributed by atoms with van der Waals surface area (Å²) in [4.78, 5) is 28.9. The molecule has 0 saturated heterocycles. The van der Waals surface area contributed by atoms with Crippen molar-refractivity contribution >= 4 is 17.9 Å². The van der Waals surface area contributed by atoms with Gasteiger partial charge in [0.15, 0.2) is 0 Å². The Balaban J connectivity index is -0.0000000580. The topological polar surface area (TPSA) is 120 Å². The molecule has 0 atom stereocenters. The maximum atomic E-state index is 9.64. The number of hydrogen-bond acceptors (Lipinski definition) is 6. The molecule has 0 aromatic rings. The fraction of sp³-hybridized carbons (Fsp3) is 0.167. The molecule has 9 heteroatoms. The number of carbonyl (C=O) groups excluding carboxylic acids is 3. The van der Waals surface area contributed by atoms with Crippen LogP contribution in [0, 0.1) is 0 Å². The van der Waals surface area contributed by atoms with Crippen molar-refractivity contribution in [1.29, 1.82) is 0 Å². The standard InChI is InChI=1S/3C6H8O2.3K/c3*1-2-3-4-5-6(7)8;;;/h3*2-5H,1H3,(H,7,8);;;/q;;;3*+1/p-3/b3*3-2+,5-4+;;;. The fourth-order valence-corrected chi connectivity index (χ4v) is 0.736. The van der Waals surface area contributed by atoms with Gasteiger partial charge < -0.3 is 29.7 Å². The molecule has 27 heavy (non-hydrogen) atoms. The predicted molar refractivity (Wildman–Crippen MR) is 86.9 cm³/mol. The molecule has 0 aromatic carbocycles. The Hall–Kier alpha value is 1.76. The number of rotatable bonds is 6. The molecule has 0 spiro atoms. The first kappa shape index (κ1) is 42.8. The second-order valence-electron chi connectivity index (χ2n) is 3.61. The molecule has 0 rings (SSSR count). The van der Waals surface area contributed by atoms with Gasteiger partial charge in [-0.15, -0.1) is 0 Å². The van der Waals surface area contributed by atoms with Crippen molar-refractivity contribution in [2.75, 3.05) is 0 Å². The Morgan fingerprint density at radius 1 is 0.481 bits per heavy atom. The third kappa shape index (κ3) is 65.6. The van der Waals surface area contributed by atoms with Crippen LogP contribution in [0.5, 0.6) is 0 Å². The molecule has 6 nitrogen and oxygen atoms in total. The van der Waals surface area contributed by atoms with Crippen molar-refractivity contribution in [3.8, 4) is 0 Å². The first-order valence-corrected chi connectivity index (χ1v) is 6.82. The molecule has 0 radical (unpaired) electrons. The van der Waals surface area contributed by atoms with Crippen LogP contribution < -0.4 is 169 Å². The van der Waals surface area contributed by atoms with Gasteiger partial charge in [0, 0.05) is 0 Å². The number of carbonyl (C=O) groups is 3. The van der Waals surface area contributed by atoms with E-state index < -0.39 is 17.9 Å². The van der Waals surface area contributed by atoms with Gasteiger partial charge >= 0.3 is 154 Å². The number of hydrogen-bond donors (Lipinski definition) is 0. The van der Waals surface area contributed by atoms with Gasteiger partial charge in [-0.25, -0.2) is 0 Å². The maximum Gasteiger partial charge on any atom is 1.00 e.